The summed E-state index contributed by atoms with van der Waals surface area (Å²) in [7, 11) is 1.55. The van der Waals surface area contributed by atoms with E-state index in [2.05, 4.69) is 20.6 Å². The summed E-state index contributed by atoms with van der Waals surface area (Å²) in [6.07, 6.45) is 3.65. The number of hydrogen-bond acceptors (Lipinski definition) is 8. The maximum Gasteiger partial charge on any atom is 0.277 e. The average molecular weight is 439 g/mol. The molecule has 32 heavy (non-hydrogen) atoms. The average Bonchev–Trinajstić information content (AvgIpc) is 3.47. The molecule has 3 aromatic rings. The predicted octanol–water partition coefficient (Wildman–Crippen LogP) is 1.98. The first-order valence-corrected chi connectivity index (χ1v) is 10.3. The van der Waals surface area contributed by atoms with Crippen molar-refractivity contribution in [2.24, 2.45) is 0 Å². The molecule has 0 aromatic carbocycles. The lowest BCUT2D eigenvalue weighted by Gasteiger charge is -2.22. The molecule has 1 N–H and O–H groups in total. The van der Waals surface area contributed by atoms with Crippen LogP contribution in [0, 0.1) is 20.8 Å². The van der Waals surface area contributed by atoms with E-state index in [-0.39, 0.29) is 30.2 Å². The second kappa shape index (κ2) is 8.81. The van der Waals surface area contributed by atoms with Gasteiger partial charge in [0.1, 0.15) is 29.4 Å². The predicted molar refractivity (Wildman–Crippen MR) is 112 cm³/mol. The standard InChI is InChI=1S/C22H25N5O5/c1-12-17(13(2)31-25-12)9-18-14(3)32-26-20(18)22(29)27-11-16(8-19(27)21(28)23-4)30-15-6-5-7-24-10-15/h5-7,10,16,19H,8-9,11H2,1-4H3,(H,23,28)/t16-,19-/m0/s1. The van der Waals surface area contributed by atoms with Gasteiger partial charge in [0.25, 0.3) is 5.91 Å². The smallest absolute Gasteiger partial charge is 0.277 e. The number of ether oxygens (including phenoxy) is 1. The molecule has 0 spiro atoms. The SMILES string of the molecule is CNC(=O)[C@@H]1C[C@H](Oc2cccnc2)CN1C(=O)c1noc(C)c1Cc1c(C)noc1C. The number of aryl methyl sites for hydroxylation is 3. The topological polar surface area (TPSA) is 124 Å². The summed E-state index contributed by atoms with van der Waals surface area (Å²) in [4.78, 5) is 31.6. The molecule has 0 saturated carbocycles. The van der Waals surface area contributed by atoms with Gasteiger partial charge in [-0.25, -0.2) is 0 Å². The summed E-state index contributed by atoms with van der Waals surface area (Å²) in [5, 5.41) is 10.6. The van der Waals surface area contributed by atoms with Gasteiger partial charge in [-0.1, -0.05) is 10.3 Å². The number of aromatic nitrogens is 3. The van der Waals surface area contributed by atoms with Crippen LogP contribution in [0.25, 0.3) is 0 Å². The van der Waals surface area contributed by atoms with Crippen molar-refractivity contribution in [2.75, 3.05) is 13.6 Å². The quantitative estimate of drug-likeness (QED) is 0.618. The Morgan fingerprint density at radius 1 is 1.19 bits per heavy atom. The number of amides is 2. The van der Waals surface area contributed by atoms with Crippen molar-refractivity contribution in [1.82, 2.24) is 25.5 Å². The summed E-state index contributed by atoms with van der Waals surface area (Å²) in [5.74, 6) is 1.15. The molecule has 10 nitrogen and oxygen atoms in total. The number of rotatable bonds is 6. The molecule has 4 rings (SSSR count). The third-order valence-electron chi connectivity index (χ3n) is 5.73. The third kappa shape index (κ3) is 4.08. The molecule has 1 fully saturated rings. The molecule has 2 amide bonds. The largest absolute Gasteiger partial charge is 0.487 e. The van der Waals surface area contributed by atoms with Gasteiger partial charge < -0.3 is 24.0 Å². The van der Waals surface area contributed by atoms with E-state index >= 15 is 0 Å². The minimum atomic E-state index is -0.682. The van der Waals surface area contributed by atoms with E-state index in [0.29, 0.717) is 35.7 Å². The monoisotopic (exact) mass is 439 g/mol. The van der Waals surface area contributed by atoms with E-state index in [1.54, 1.807) is 38.5 Å². The number of nitrogens with one attached hydrogen (secondary N) is 1. The number of pyridine rings is 1. The Kier molecular flexibility index (Phi) is 5.93. The fraction of sp³-hybridized carbons (Fsp3) is 0.409. The van der Waals surface area contributed by atoms with Crippen LogP contribution in [0.5, 0.6) is 5.75 Å². The fourth-order valence-electron chi connectivity index (χ4n) is 3.97. The second-order valence-corrected chi connectivity index (χ2v) is 7.80. The van der Waals surface area contributed by atoms with Crippen molar-refractivity contribution in [3.8, 4) is 5.75 Å². The molecule has 4 heterocycles. The number of carbonyl (C=O) groups excluding carboxylic acids is 2. The Morgan fingerprint density at radius 3 is 2.59 bits per heavy atom. The fourth-order valence-corrected chi connectivity index (χ4v) is 3.97. The summed E-state index contributed by atoms with van der Waals surface area (Å²) in [5.41, 5.74) is 2.46. The Labute approximate surface area is 184 Å². The highest BCUT2D eigenvalue weighted by Crippen LogP contribution is 2.28. The van der Waals surface area contributed by atoms with Crippen LogP contribution in [0.15, 0.2) is 33.6 Å². The zero-order valence-corrected chi connectivity index (χ0v) is 18.4. The number of hydrogen-bond donors (Lipinski definition) is 1. The van der Waals surface area contributed by atoms with Gasteiger partial charge in [-0.05, 0) is 32.9 Å². The van der Waals surface area contributed by atoms with Gasteiger partial charge in [-0.2, -0.15) is 0 Å². The van der Waals surface area contributed by atoms with Crippen LogP contribution in [0.4, 0.5) is 0 Å². The van der Waals surface area contributed by atoms with Crippen LogP contribution in [0.3, 0.4) is 0 Å². The van der Waals surface area contributed by atoms with E-state index < -0.39 is 6.04 Å². The van der Waals surface area contributed by atoms with Crippen molar-refractivity contribution in [2.45, 2.75) is 45.8 Å². The lowest BCUT2D eigenvalue weighted by Crippen LogP contribution is -2.45. The van der Waals surface area contributed by atoms with E-state index in [1.165, 1.54) is 4.90 Å². The summed E-state index contributed by atoms with van der Waals surface area (Å²) in [6.45, 7) is 5.66. The van der Waals surface area contributed by atoms with Gasteiger partial charge in [0, 0.05) is 37.2 Å². The molecule has 3 aromatic heterocycles. The zero-order valence-electron chi connectivity index (χ0n) is 18.4. The number of likely N-dealkylation sites (tertiary alicyclic amines) is 1. The highest BCUT2D eigenvalue weighted by molar-refractivity contribution is 5.97. The number of nitrogens with zero attached hydrogens (tertiary/aromatic N) is 4. The van der Waals surface area contributed by atoms with Gasteiger partial charge in [0.15, 0.2) is 5.69 Å². The molecule has 1 aliphatic heterocycles. The van der Waals surface area contributed by atoms with Gasteiger partial charge in [0.05, 0.1) is 18.4 Å². The van der Waals surface area contributed by atoms with E-state index in [0.717, 1.165) is 11.3 Å². The van der Waals surface area contributed by atoms with E-state index in [4.69, 9.17) is 13.8 Å². The van der Waals surface area contributed by atoms with Crippen LogP contribution >= 0.6 is 0 Å². The van der Waals surface area contributed by atoms with Crippen LogP contribution in [0.1, 0.15) is 45.3 Å². The maximum atomic E-state index is 13.5. The maximum absolute atomic E-state index is 13.5. The van der Waals surface area contributed by atoms with Crippen LogP contribution < -0.4 is 10.1 Å². The minimum Gasteiger partial charge on any atom is -0.487 e. The van der Waals surface area contributed by atoms with Crippen LogP contribution in [-0.2, 0) is 11.2 Å². The first kappa shape index (κ1) is 21.5. The molecule has 0 radical (unpaired) electrons. The van der Waals surface area contributed by atoms with Gasteiger partial charge >= 0.3 is 0 Å². The normalized spacial score (nSPS) is 18.1. The molecule has 10 heteroatoms. The Hall–Kier alpha value is -3.69. The van der Waals surface area contributed by atoms with Crippen LogP contribution in [0.2, 0.25) is 0 Å². The molecule has 0 bridgehead atoms. The Balaban J connectivity index is 1.60. The van der Waals surface area contributed by atoms with Crippen molar-refractivity contribution in [1.29, 1.82) is 0 Å². The van der Waals surface area contributed by atoms with E-state index in [9.17, 15) is 9.59 Å². The van der Waals surface area contributed by atoms with Crippen molar-refractivity contribution < 1.29 is 23.4 Å². The molecular weight excluding hydrogens is 414 g/mol. The summed E-state index contributed by atoms with van der Waals surface area (Å²) < 4.78 is 16.6. The molecule has 1 saturated heterocycles. The molecule has 0 aliphatic carbocycles. The van der Waals surface area contributed by atoms with Crippen molar-refractivity contribution in [3.05, 3.63) is 58.6 Å². The Bertz CT molecular complexity index is 1100. The van der Waals surface area contributed by atoms with Gasteiger partial charge in [-0.3, -0.25) is 14.6 Å². The molecular formula is C22H25N5O5. The first-order valence-electron chi connectivity index (χ1n) is 10.3. The zero-order chi connectivity index (χ0) is 22.8. The highest BCUT2D eigenvalue weighted by atomic mass is 16.5. The number of carbonyl (C=O) groups is 2. The molecule has 168 valence electrons. The van der Waals surface area contributed by atoms with E-state index in [1.807, 2.05) is 13.8 Å². The molecule has 1 aliphatic rings. The molecule has 2 atom stereocenters. The number of likely N-dealkylation sites (N-methyl/N-ethyl adjacent to an activating group) is 1. The Morgan fingerprint density at radius 2 is 1.94 bits per heavy atom. The van der Waals surface area contributed by atoms with Gasteiger partial charge in [-0.15, -0.1) is 0 Å². The van der Waals surface area contributed by atoms with Gasteiger partial charge in [0.2, 0.25) is 5.91 Å². The molecule has 0 unspecified atom stereocenters. The lowest BCUT2D eigenvalue weighted by molar-refractivity contribution is -0.124. The second-order valence-electron chi connectivity index (χ2n) is 7.80. The first-order chi connectivity index (χ1) is 15.4. The van der Waals surface area contributed by atoms with Crippen molar-refractivity contribution in [3.63, 3.8) is 0 Å². The lowest BCUT2D eigenvalue weighted by atomic mass is 10.0. The minimum absolute atomic E-state index is 0.179. The van der Waals surface area contributed by atoms with Crippen LogP contribution in [-0.4, -0.2) is 57.7 Å². The third-order valence-corrected chi connectivity index (χ3v) is 5.73. The highest BCUT2D eigenvalue weighted by Gasteiger charge is 2.42. The summed E-state index contributed by atoms with van der Waals surface area (Å²) in [6, 6.07) is 2.87. The van der Waals surface area contributed by atoms with Crippen molar-refractivity contribution >= 4 is 11.8 Å². The summed E-state index contributed by atoms with van der Waals surface area (Å²) >= 11 is 0.